The molecule has 0 aliphatic heterocycles. The van der Waals surface area contributed by atoms with E-state index >= 15 is 0 Å². The number of sulfonamides is 1. The summed E-state index contributed by atoms with van der Waals surface area (Å²) in [6.45, 7) is 4.34. The molecular formula is C14H21NO2S. The predicted molar refractivity (Wildman–Crippen MR) is 73.0 cm³/mol. The van der Waals surface area contributed by atoms with Gasteiger partial charge in [-0.25, -0.2) is 8.42 Å². The van der Waals surface area contributed by atoms with Crippen molar-refractivity contribution in [3.05, 3.63) is 29.8 Å². The van der Waals surface area contributed by atoms with Crippen LogP contribution in [0.3, 0.4) is 0 Å². The van der Waals surface area contributed by atoms with E-state index in [1.54, 1.807) is 16.4 Å². The fourth-order valence-corrected chi connectivity index (χ4v) is 4.71. The number of aryl methyl sites for hydroxylation is 1. The molecular weight excluding hydrogens is 246 g/mol. The zero-order valence-electron chi connectivity index (χ0n) is 11.1. The summed E-state index contributed by atoms with van der Waals surface area (Å²) in [6.07, 6.45) is 4.28. The van der Waals surface area contributed by atoms with Crippen molar-refractivity contribution >= 4 is 10.0 Å². The van der Waals surface area contributed by atoms with Crippen LogP contribution >= 0.6 is 0 Å². The monoisotopic (exact) mass is 267 g/mol. The van der Waals surface area contributed by atoms with Gasteiger partial charge in [0.15, 0.2) is 0 Å². The van der Waals surface area contributed by atoms with Gasteiger partial charge in [-0.2, -0.15) is 4.31 Å². The van der Waals surface area contributed by atoms with Crippen LogP contribution in [-0.4, -0.2) is 25.3 Å². The molecule has 2 rings (SSSR count). The third-order valence-corrected chi connectivity index (χ3v) is 5.91. The van der Waals surface area contributed by atoms with Crippen molar-refractivity contribution in [2.24, 2.45) is 0 Å². The Morgan fingerprint density at radius 1 is 1.22 bits per heavy atom. The Hall–Kier alpha value is -0.870. The zero-order valence-corrected chi connectivity index (χ0v) is 11.9. The summed E-state index contributed by atoms with van der Waals surface area (Å²) in [5.41, 5.74) is 0.828. The molecule has 1 aliphatic carbocycles. The van der Waals surface area contributed by atoms with E-state index in [4.69, 9.17) is 0 Å². The van der Waals surface area contributed by atoms with E-state index in [0.29, 0.717) is 11.4 Å². The molecule has 1 aromatic rings. The summed E-state index contributed by atoms with van der Waals surface area (Å²) in [4.78, 5) is 0.457. The second-order valence-corrected chi connectivity index (χ2v) is 6.77. The van der Waals surface area contributed by atoms with Gasteiger partial charge in [-0.1, -0.05) is 38.0 Å². The molecule has 1 saturated carbocycles. The minimum atomic E-state index is -3.33. The van der Waals surface area contributed by atoms with Gasteiger partial charge in [0.1, 0.15) is 0 Å². The van der Waals surface area contributed by atoms with Crippen molar-refractivity contribution in [2.45, 2.75) is 50.5 Å². The van der Waals surface area contributed by atoms with Crippen LogP contribution in [0.25, 0.3) is 0 Å². The standard InChI is InChI=1S/C14H21NO2S/c1-3-15(13-9-5-6-10-13)18(16,17)14-11-7-4-8-12(14)2/h4,7-8,11,13H,3,5-6,9-10H2,1-2H3. The summed E-state index contributed by atoms with van der Waals surface area (Å²) >= 11 is 0. The lowest BCUT2D eigenvalue weighted by Gasteiger charge is -2.27. The van der Waals surface area contributed by atoms with Gasteiger partial charge in [0.2, 0.25) is 10.0 Å². The van der Waals surface area contributed by atoms with E-state index in [2.05, 4.69) is 0 Å². The maximum absolute atomic E-state index is 12.7. The average Bonchev–Trinajstić information content (AvgIpc) is 2.83. The van der Waals surface area contributed by atoms with Gasteiger partial charge in [0.05, 0.1) is 4.90 Å². The number of nitrogens with zero attached hydrogens (tertiary/aromatic N) is 1. The van der Waals surface area contributed by atoms with Crippen LogP contribution < -0.4 is 0 Å². The van der Waals surface area contributed by atoms with Crippen molar-refractivity contribution in [3.8, 4) is 0 Å². The first-order valence-corrected chi connectivity index (χ1v) is 8.09. The van der Waals surface area contributed by atoms with Gasteiger partial charge in [-0.05, 0) is 31.4 Å². The third kappa shape index (κ3) is 2.45. The van der Waals surface area contributed by atoms with E-state index in [1.807, 2.05) is 26.0 Å². The van der Waals surface area contributed by atoms with Crippen molar-refractivity contribution in [1.82, 2.24) is 4.31 Å². The second-order valence-electron chi connectivity index (χ2n) is 4.91. The van der Waals surface area contributed by atoms with E-state index < -0.39 is 10.0 Å². The van der Waals surface area contributed by atoms with E-state index in [-0.39, 0.29) is 6.04 Å². The third-order valence-electron chi connectivity index (χ3n) is 3.72. The Labute approximate surface area is 110 Å². The maximum atomic E-state index is 12.7. The Morgan fingerprint density at radius 2 is 1.83 bits per heavy atom. The molecule has 1 aliphatic rings. The van der Waals surface area contributed by atoms with Crippen LogP contribution in [0.1, 0.15) is 38.2 Å². The maximum Gasteiger partial charge on any atom is 0.243 e. The highest BCUT2D eigenvalue weighted by Gasteiger charge is 2.32. The molecule has 0 radical (unpaired) electrons. The van der Waals surface area contributed by atoms with Crippen LogP contribution in [-0.2, 0) is 10.0 Å². The van der Waals surface area contributed by atoms with Gasteiger partial charge in [-0.15, -0.1) is 0 Å². The van der Waals surface area contributed by atoms with Gasteiger partial charge < -0.3 is 0 Å². The summed E-state index contributed by atoms with van der Waals surface area (Å²) < 4.78 is 27.1. The fraction of sp³-hybridized carbons (Fsp3) is 0.571. The second kappa shape index (κ2) is 5.41. The lowest BCUT2D eigenvalue weighted by atomic mass is 10.2. The predicted octanol–water partition coefficient (Wildman–Crippen LogP) is 2.95. The molecule has 0 saturated heterocycles. The smallest absolute Gasteiger partial charge is 0.207 e. The number of benzene rings is 1. The number of hydrogen-bond donors (Lipinski definition) is 0. The van der Waals surface area contributed by atoms with Gasteiger partial charge in [-0.3, -0.25) is 0 Å². The molecule has 4 heteroatoms. The molecule has 0 atom stereocenters. The van der Waals surface area contributed by atoms with E-state index in [9.17, 15) is 8.42 Å². The normalized spacial score (nSPS) is 17.5. The SMILES string of the molecule is CCN(C1CCCC1)S(=O)(=O)c1ccccc1C. The van der Waals surface area contributed by atoms with Crippen molar-refractivity contribution in [1.29, 1.82) is 0 Å². The summed E-state index contributed by atoms with van der Waals surface area (Å²) in [7, 11) is -3.33. The van der Waals surface area contributed by atoms with Gasteiger partial charge >= 0.3 is 0 Å². The van der Waals surface area contributed by atoms with Gasteiger partial charge in [0.25, 0.3) is 0 Å². The quantitative estimate of drug-likeness (QED) is 0.841. The Kier molecular flexibility index (Phi) is 4.07. The van der Waals surface area contributed by atoms with Crippen molar-refractivity contribution in [3.63, 3.8) is 0 Å². The molecule has 0 unspecified atom stereocenters. The molecule has 0 aromatic heterocycles. The highest BCUT2D eigenvalue weighted by Crippen LogP contribution is 2.29. The summed E-state index contributed by atoms with van der Waals surface area (Å²) in [5.74, 6) is 0. The molecule has 0 spiro atoms. The first-order valence-electron chi connectivity index (χ1n) is 6.65. The molecule has 18 heavy (non-hydrogen) atoms. The van der Waals surface area contributed by atoms with Gasteiger partial charge in [0, 0.05) is 12.6 Å². The summed E-state index contributed by atoms with van der Waals surface area (Å²) in [5, 5.41) is 0. The first kappa shape index (κ1) is 13.6. The fourth-order valence-electron chi connectivity index (χ4n) is 2.79. The highest BCUT2D eigenvalue weighted by molar-refractivity contribution is 7.89. The van der Waals surface area contributed by atoms with Crippen molar-refractivity contribution in [2.75, 3.05) is 6.54 Å². The lowest BCUT2D eigenvalue weighted by Crippen LogP contribution is -2.38. The minimum absolute atomic E-state index is 0.194. The number of rotatable bonds is 4. The molecule has 0 heterocycles. The molecule has 0 bridgehead atoms. The zero-order chi connectivity index (χ0) is 13.2. The largest absolute Gasteiger partial charge is 0.243 e. The topological polar surface area (TPSA) is 37.4 Å². The van der Waals surface area contributed by atoms with Crippen molar-refractivity contribution < 1.29 is 8.42 Å². The molecule has 100 valence electrons. The van der Waals surface area contributed by atoms with Crippen LogP contribution in [0.5, 0.6) is 0 Å². The first-order chi connectivity index (χ1) is 8.57. The Bertz CT molecular complexity index is 504. The summed E-state index contributed by atoms with van der Waals surface area (Å²) in [6, 6.07) is 7.43. The molecule has 1 fully saturated rings. The number of hydrogen-bond acceptors (Lipinski definition) is 2. The molecule has 0 N–H and O–H groups in total. The average molecular weight is 267 g/mol. The van der Waals surface area contributed by atoms with Crippen LogP contribution in [0.2, 0.25) is 0 Å². The van der Waals surface area contributed by atoms with E-state index in [0.717, 1.165) is 31.2 Å². The molecule has 3 nitrogen and oxygen atoms in total. The lowest BCUT2D eigenvalue weighted by molar-refractivity contribution is 0.335. The highest BCUT2D eigenvalue weighted by atomic mass is 32.2. The Balaban J connectivity index is 2.37. The molecule has 1 aromatic carbocycles. The van der Waals surface area contributed by atoms with Crippen LogP contribution in [0, 0.1) is 6.92 Å². The molecule has 0 amide bonds. The minimum Gasteiger partial charge on any atom is -0.207 e. The Morgan fingerprint density at radius 3 is 2.39 bits per heavy atom. The van der Waals surface area contributed by atoms with Crippen LogP contribution in [0.4, 0.5) is 0 Å². The van der Waals surface area contributed by atoms with Crippen LogP contribution in [0.15, 0.2) is 29.2 Å². The van der Waals surface area contributed by atoms with E-state index in [1.165, 1.54) is 0 Å².